The molecule has 1 rings (SSSR count). The van der Waals surface area contributed by atoms with Gasteiger partial charge >= 0.3 is 11.9 Å². The lowest BCUT2D eigenvalue weighted by Gasteiger charge is -2.01. The van der Waals surface area contributed by atoms with Crippen LogP contribution in [0.25, 0.3) is 0 Å². The quantitative estimate of drug-likeness (QED) is 0.441. The first kappa shape index (κ1) is 15.0. The zero-order valence-electron chi connectivity index (χ0n) is 9.30. The van der Waals surface area contributed by atoms with Gasteiger partial charge in [0.25, 0.3) is 0 Å². The number of aromatic carboxylic acids is 1. The molecule has 3 N–H and O–H groups in total. The van der Waals surface area contributed by atoms with E-state index < -0.39 is 17.0 Å². The van der Waals surface area contributed by atoms with Gasteiger partial charge in [-0.15, -0.1) is 0 Å². The van der Waals surface area contributed by atoms with E-state index in [4.69, 9.17) is 33.4 Å². The van der Waals surface area contributed by atoms with Crippen molar-refractivity contribution in [2.24, 2.45) is 5.10 Å². The van der Waals surface area contributed by atoms with E-state index in [2.05, 4.69) is 10.5 Å². The summed E-state index contributed by atoms with van der Waals surface area (Å²) in [6.07, 6.45) is 1.01. The minimum atomic E-state index is -1.37. The van der Waals surface area contributed by atoms with Gasteiger partial charge in [-0.05, 0) is 18.2 Å². The molecule has 0 unspecified atom stereocenters. The highest BCUT2D eigenvalue weighted by Crippen LogP contribution is 2.13. The van der Waals surface area contributed by atoms with Crippen LogP contribution in [0.15, 0.2) is 39.4 Å². The Morgan fingerprint density at radius 2 is 1.95 bits per heavy atom. The van der Waals surface area contributed by atoms with Crippen LogP contribution in [0.3, 0.4) is 0 Å². The number of carboxylic acid groups (broad SMARTS) is 2. The molecule has 0 saturated heterocycles. The van der Waals surface area contributed by atoms with Gasteiger partial charge in [0.15, 0.2) is 0 Å². The molecule has 0 aliphatic heterocycles. The predicted molar refractivity (Wildman–Crippen MR) is 71.9 cm³/mol. The van der Waals surface area contributed by atoms with Crippen molar-refractivity contribution in [2.45, 2.75) is 0 Å². The summed E-state index contributed by atoms with van der Waals surface area (Å²) in [6, 6.07) is 5.89. The van der Waals surface area contributed by atoms with Crippen LogP contribution >= 0.6 is 23.2 Å². The van der Waals surface area contributed by atoms with E-state index in [-0.39, 0.29) is 10.6 Å². The maximum absolute atomic E-state index is 10.7. The molecule has 19 heavy (non-hydrogen) atoms. The van der Waals surface area contributed by atoms with Crippen LogP contribution in [0.5, 0.6) is 0 Å². The van der Waals surface area contributed by atoms with E-state index in [1.54, 1.807) is 6.07 Å². The van der Waals surface area contributed by atoms with Crippen molar-refractivity contribution in [2.75, 3.05) is 5.43 Å². The summed E-state index contributed by atoms with van der Waals surface area (Å²) in [5, 5.41) is 20.1. The van der Waals surface area contributed by atoms with E-state index in [0.29, 0.717) is 5.69 Å². The molecule has 6 nitrogen and oxygen atoms in total. The molecule has 1 aromatic carbocycles. The molecule has 0 heterocycles. The van der Waals surface area contributed by atoms with Gasteiger partial charge in [-0.2, -0.15) is 5.10 Å². The zero-order chi connectivity index (χ0) is 14.4. The number of hydrazone groups is 1. The number of halogens is 2. The molecule has 0 spiro atoms. The van der Waals surface area contributed by atoms with Gasteiger partial charge < -0.3 is 10.2 Å². The molecule has 1 aromatic rings. The van der Waals surface area contributed by atoms with E-state index in [0.717, 1.165) is 6.21 Å². The summed E-state index contributed by atoms with van der Waals surface area (Å²) in [7, 11) is 0. The summed E-state index contributed by atoms with van der Waals surface area (Å²) >= 11 is 10.9. The predicted octanol–water partition coefficient (Wildman–Crippen LogP) is 2.56. The fourth-order valence-corrected chi connectivity index (χ4v) is 1.22. The molecule has 0 bridgehead atoms. The Bertz CT molecular complexity index is 570. The van der Waals surface area contributed by atoms with Gasteiger partial charge in [0, 0.05) is 0 Å². The summed E-state index contributed by atoms with van der Waals surface area (Å²) < 4.78 is 0. The summed E-state index contributed by atoms with van der Waals surface area (Å²) in [5.41, 5.74) is 3.00. The highest BCUT2D eigenvalue weighted by molar-refractivity contribution is 6.51. The van der Waals surface area contributed by atoms with Gasteiger partial charge in [-0.1, -0.05) is 29.3 Å². The third-order valence-electron chi connectivity index (χ3n) is 1.88. The molecule has 0 fully saturated rings. The van der Waals surface area contributed by atoms with E-state index >= 15 is 0 Å². The Hall–Kier alpha value is -2.05. The van der Waals surface area contributed by atoms with Crippen LogP contribution in [0, 0.1) is 0 Å². The van der Waals surface area contributed by atoms with Crippen molar-refractivity contribution >= 4 is 47.0 Å². The maximum atomic E-state index is 10.7. The molecular formula is C11H8Cl2N2O4. The third kappa shape index (κ3) is 4.61. The van der Waals surface area contributed by atoms with Gasteiger partial charge in [0.2, 0.25) is 0 Å². The Morgan fingerprint density at radius 3 is 2.53 bits per heavy atom. The van der Waals surface area contributed by atoms with Crippen molar-refractivity contribution in [1.82, 2.24) is 0 Å². The van der Waals surface area contributed by atoms with E-state index in [1.165, 1.54) is 18.2 Å². The van der Waals surface area contributed by atoms with Crippen molar-refractivity contribution in [3.8, 4) is 0 Å². The summed E-state index contributed by atoms with van der Waals surface area (Å²) in [6.45, 7) is 0. The first-order valence-electron chi connectivity index (χ1n) is 4.83. The second-order valence-electron chi connectivity index (χ2n) is 3.22. The smallest absolute Gasteiger partial charge is 0.348 e. The normalized spacial score (nSPS) is 12.1. The minimum Gasteiger partial charge on any atom is -0.478 e. The largest absolute Gasteiger partial charge is 0.478 e. The Kier molecular flexibility index (Phi) is 5.35. The Labute approximate surface area is 117 Å². The number of nitrogens with zero attached hydrogens (tertiary/aromatic N) is 1. The van der Waals surface area contributed by atoms with Crippen LogP contribution in [-0.4, -0.2) is 28.4 Å². The lowest BCUT2D eigenvalue weighted by Crippen LogP contribution is -1.99. The zero-order valence-corrected chi connectivity index (χ0v) is 10.8. The van der Waals surface area contributed by atoms with Crippen LogP contribution in [0.2, 0.25) is 0 Å². The molecule has 0 radical (unpaired) electrons. The number of benzene rings is 1. The first-order chi connectivity index (χ1) is 8.91. The highest BCUT2D eigenvalue weighted by atomic mass is 35.5. The SMILES string of the molecule is O=C(O)C(Cl)=C(Cl)C=NNc1cccc(C(=O)O)c1. The molecule has 0 aliphatic carbocycles. The van der Waals surface area contributed by atoms with Gasteiger partial charge in [0.05, 0.1) is 22.5 Å². The molecular weight excluding hydrogens is 295 g/mol. The minimum absolute atomic E-state index is 0.0883. The molecule has 8 heteroatoms. The average Bonchev–Trinajstić information content (AvgIpc) is 2.37. The Morgan fingerprint density at radius 1 is 1.26 bits per heavy atom. The van der Waals surface area contributed by atoms with Crippen molar-refractivity contribution in [3.63, 3.8) is 0 Å². The molecule has 0 aromatic heterocycles. The van der Waals surface area contributed by atoms with Crippen molar-refractivity contribution in [1.29, 1.82) is 0 Å². The lowest BCUT2D eigenvalue weighted by atomic mass is 10.2. The highest BCUT2D eigenvalue weighted by Gasteiger charge is 2.07. The van der Waals surface area contributed by atoms with Crippen LogP contribution in [0.1, 0.15) is 10.4 Å². The number of hydrogen-bond donors (Lipinski definition) is 3. The lowest BCUT2D eigenvalue weighted by molar-refractivity contribution is -0.131. The molecule has 0 aliphatic rings. The summed E-state index contributed by atoms with van der Waals surface area (Å²) in [5.74, 6) is -2.44. The van der Waals surface area contributed by atoms with Gasteiger partial charge in [0.1, 0.15) is 5.03 Å². The Balaban J connectivity index is 2.77. The number of nitrogens with one attached hydrogen (secondary N) is 1. The number of aliphatic carboxylic acids is 1. The molecule has 100 valence electrons. The van der Waals surface area contributed by atoms with Crippen LogP contribution < -0.4 is 5.43 Å². The topological polar surface area (TPSA) is 99.0 Å². The van der Waals surface area contributed by atoms with Gasteiger partial charge in [-0.25, -0.2) is 9.59 Å². The number of hydrogen-bond acceptors (Lipinski definition) is 4. The number of rotatable bonds is 5. The van der Waals surface area contributed by atoms with Gasteiger partial charge in [-0.3, -0.25) is 5.43 Å². The number of allylic oxidation sites excluding steroid dienone is 1. The van der Waals surface area contributed by atoms with Crippen molar-refractivity contribution < 1.29 is 19.8 Å². The fourth-order valence-electron chi connectivity index (χ4n) is 1.04. The van der Waals surface area contributed by atoms with E-state index in [1.807, 2.05) is 0 Å². The summed E-state index contributed by atoms with van der Waals surface area (Å²) in [4.78, 5) is 21.2. The van der Waals surface area contributed by atoms with Crippen LogP contribution in [0.4, 0.5) is 5.69 Å². The fraction of sp³-hybridized carbons (Fsp3) is 0. The number of anilines is 1. The van der Waals surface area contributed by atoms with Crippen molar-refractivity contribution in [3.05, 3.63) is 39.9 Å². The van der Waals surface area contributed by atoms with E-state index in [9.17, 15) is 9.59 Å². The van der Waals surface area contributed by atoms with Crippen LogP contribution in [-0.2, 0) is 4.79 Å². The second kappa shape index (κ2) is 6.77. The second-order valence-corrected chi connectivity index (χ2v) is 4.01. The maximum Gasteiger partial charge on any atom is 0.348 e. The molecule has 0 atom stereocenters. The number of carboxylic acids is 2. The standard InChI is InChI=1S/C11H8Cl2N2O4/c12-8(9(13)11(18)19)5-14-15-7-3-1-2-6(4-7)10(16)17/h1-5,15H,(H,16,17)(H,18,19). The first-order valence-corrected chi connectivity index (χ1v) is 5.58. The average molecular weight is 303 g/mol. The number of carbonyl (C=O) groups is 2. The monoisotopic (exact) mass is 302 g/mol. The third-order valence-corrected chi connectivity index (χ3v) is 2.63. The molecule has 0 amide bonds. The molecule has 0 saturated carbocycles.